The molecule has 0 aliphatic carbocycles. The van der Waals surface area contributed by atoms with Crippen LogP contribution in [0.4, 0.5) is 8.78 Å². The first kappa shape index (κ1) is 21.4. The first-order valence-electron chi connectivity index (χ1n) is 10.0. The molecule has 3 aromatic carbocycles. The van der Waals surface area contributed by atoms with Crippen LogP contribution in [-0.4, -0.2) is 26.3 Å². The predicted molar refractivity (Wildman–Crippen MR) is 121 cm³/mol. The number of halogens is 2. The molecule has 0 unspecified atom stereocenters. The predicted octanol–water partition coefficient (Wildman–Crippen LogP) is 5.06. The molecular weight excluding hydrogens is 412 g/mol. The van der Waals surface area contributed by atoms with Gasteiger partial charge >= 0.3 is 0 Å². The minimum Gasteiger partial charge on any atom is -0.623 e. The first-order valence-corrected chi connectivity index (χ1v) is 10.0. The smallest absolute Gasteiger partial charge is 0.279 e. The van der Waals surface area contributed by atoms with Gasteiger partial charge in [0.2, 0.25) is 0 Å². The number of fused-ring (bicyclic) bond motifs is 1. The van der Waals surface area contributed by atoms with Crippen molar-refractivity contribution in [2.75, 3.05) is 0 Å². The van der Waals surface area contributed by atoms with Gasteiger partial charge in [-0.1, -0.05) is 36.4 Å². The Morgan fingerprint density at radius 3 is 2.22 bits per heavy atom. The van der Waals surface area contributed by atoms with E-state index in [9.17, 15) is 18.8 Å². The highest BCUT2D eigenvalue weighted by Crippen LogP contribution is 2.27. The Morgan fingerprint density at radius 1 is 0.938 bits per heavy atom. The lowest BCUT2D eigenvalue weighted by Crippen LogP contribution is -2.29. The maximum atomic E-state index is 14.5. The molecule has 4 aromatic rings. The molecule has 0 radical (unpaired) electrons. The number of hydrogen-bond donors (Lipinski definition) is 0. The molecule has 1 aromatic heterocycles. The van der Waals surface area contributed by atoms with Gasteiger partial charge in [-0.05, 0) is 30.3 Å². The molecule has 0 atom stereocenters. The lowest BCUT2D eigenvalue weighted by atomic mass is 10.0. The van der Waals surface area contributed by atoms with Crippen LogP contribution in [0.15, 0.2) is 71.5 Å². The standard InChI is InChI=1S/C25H21F2N3O2/c1-25(2,3)29(32)15-16-8-6-9-17(14-16)22-18-10-4-5-11-19(18)24(31)30(28-22)23-20(26)12-7-13-21(23)27/h4-15H,1-3H3/b29-15-. The van der Waals surface area contributed by atoms with Gasteiger partial charge in [0.05, 0.1) is 11.1 Å². The van der Waals surface area contributed by atoms with Gasteiger partial charge in [0, 0.05) is 37.3 Å². The molecule has 0 aliphatic rings. The molecule has 162 valence electrons. The van der Waals surface area contributed by atoms with E-state index in [2.05, 4.69) is 5.10 Å². The summed E-state index contributed by atoms with van der Waals surface area (Å²) in [4.78, 5) is 13.1. The van der Waals surface area contributed by atoms with Gasteiger partial charge in [0.25, 0.3) is 5.56 Å². The van der Waals surface area contributed by atoms with Crippen LogP contribution in [0.5, 0.6) is 0 Å². The second-order valence-corrected chi connectivity index (χ2v) is 8.43. The normalized spacial score (nSPS) is 12.3. The molecule has 1 heterocycles. The third kappa shape index (κ3) is 3.89. The largest absolute Gasteiger partial charge is 0.623 e. The van der Waals surface area contributed by atoms with Crippen LogP contribution in [0, 0.1) is 16.8 Å². The van der Waals surface area contributed by atoms with Crippen LogP contribution in [0.3, 0.4) is 0 Å². The fraction of sp³-hybridized carbons (Fsp3) is 0.160. The molecule has 7 heteroatoms. The summed E-state index contributed by atoms with van der Waals surface area (Å²) in [5.74, 6) is -1.79. The van der Waals surface area contributed by atoms with Gasteiger partial charge < -0.3 is 5.21 Å². The number of rotatable bonds is 3. The zero-order valence-corrected chi connectivity index (χ0v) is 17.8. The highest BCUT2D eigenvalue weighted by Gasteiger charge is 2.20. The zero-order valence-electron chi connectivity index (χ0n) is 17.8. The van der Waals surface area contributed by atoms with Gasteiger partial charge in [0.1, 0.15) is 5.69 Å². The minimum absolute atomic E-state index is 0.273. The van der Waals surface area contributed by atoms with Gasteiger partial charge in [-0.25, -0.2) is 13.5 Å². The Bertz CT molecular complexity index is 1400. The van der Waals surface area contributed by atoms with Gasteiger partial charge in [-0.3, -0.25) is 4.79 Å². The first-order chi connectivity index (χ1) is 15.2. The van der Waals surface area contributed by atoms with Crippen molar-refractivity contribution in [3.05, 3.63) is 99.5 Å². The quantitative estimate of drug-likeness (QED) is 0.196. The molecule has 4 rings (SSSR count). The SMILES string of the molecule is CC(C)(C)/[N+]([O-])=C/c1cccc(-c2nn(-c3c(F)cccc3F)c(=O)c3ccccc23)c1. The van der Waals surface area contributed by atoms with E-state index in [1.165, 1.54) is 12.3 Å². The van der Waals surface area contributed by atoms with Crippen molar-refractivity contribution in [1.82, 2.24) is 9.78 Å². The van der Waals surface area contributed by atoms with Crippen LogP contribution in [0.1, 0.15) is 26.3 Å². The van der Waals surface area contributed by atoms with E-state index in [0.717, 1.165) is 21.6 Å². The van der Waals surface area contributed by atoms with Crippen LogP contribution < -0.4 is 5.56 Å². The highest BCUT2D eigenvalue weighted by molar-refractivity contribution is 5.94. The summed E-state index contributed by atoms with van der Waals surface area (Å²) in [6, 6.07) is 17.2. The average Bonchev–Trinajstić information content (AvgIpc) is 2.75. The summed E-state index contributed by atoms with van der Waals surface area (Å²) in [5.41, 5.74) is -0.182. The molecule has 0 saturated carbocycles. The summed E-state index contributed by atoms with van der Waals surface area (Å²) >= 11 is 0. The molecule has 0 aliphatic heterocycles. The van der Waals surface area contributed by atoms with Crippen molar-refractivity contribution in [3.63, 3.8) is 0 Å². The Morgan fingerprint density at radius 2 is 1.56 bits per heavy atom. The van der Waals surface area contributed by atoms with Crippen LogP contribution in [0.25, 0.3) is 27.7 Å². The van der Waals surface area contributed by atoms with Crippen molar-refractivity contribution in [3.8, 4) is 16.9 Å². The van der Waals surface area contributed by atoms with Gasteiger partial charge in [0.15, 0.2) is 23.4 Å². The number of benzene rings is 3. The molecule has 0 bridgehead atoms. The molecule has 0 saturated heterocycles. The van der Waals surface area contributed by atoms with E-state index in [-0.39, 0.29) is 5.39 Å². The van der Waals surface area contributed by atoms with Crippen LogP contribution in [0.2, 0.25) is 0 Å². The maximum absolute atomic E-state index is 14.5. The number of hydrogen-bond acceptors (Lipinski definition) is 3. The zero-order chi connectivity index (χ0) is 23.0. The fourth-order valence-corrected chi connectivity index (χ4v) is 3.34. The molecule has 5 nitrogen and oxygen atoms in total. The van der Waals surface area contributed by atoms with E-state index in [4.69, 9.17) is 0 Å². The Hall–Kier alpha value is -3.87. The average molecular weight is 433 g/mol. The fourth-order valence-electron chi connectivity index (χ4n) is 3.34. The number of para-hydroxylation sites is 1. The summed E-state index contributed by atoms with van der Waals surface area (Å²) in [6.07, 6.45) is 1.47. The monoisotopic (exact) mass is 433 g/mol. The highest BCUT2D eigenvalue weighted by atomic mass is 19.1. The van der Waals surface area contributed by atoms with Gasteiger partial charge in [-0.2, -0.15) is 9.78 Å². The van der Waals surface area contributed by atoms with Crippen molar-refractivity contribution in [1.29, 1.82) is 0 Å². The number of aromatic nitrogens is 2. The second kappa shape index (κ2) is 8.00. The Balaban J connectivity index is 2.00. The van der Waals surface area contributed by atoms with Crippen molar-refractivity contribution < 1.29 is 13.5 Å². The summed E-state index contributed by atoms with van der Waals surface area (Å²) in [5, 5.41) is 17.5. The summed E-state index contributed by atoms with van der Waals surface area (Å²) < 4.78 is 30.6. The topological polar surface area (TPSA) is 61.0 Å². The van der Waals surface area contributed by atoms with Crippen molar-refractivity contribution in [2.45, 2.75) is 26.3 Å². The third-order valence-corrected chi connectivity index (χ3v) is 5.04. The third-order valence-electron chi connectivity index (χ3n) is 5.04. The molecule has 0 spiro atoms. The second-order valence-electron chi connectivity index (χ2n) is 8.43. The van der Waals surface area contributed by atoms with E-state index >= 15 is 0 Å². The van der Waals surface area contributed by atoms with Crippen LogP contribution in [-0.2, 0) is 0 Å². The Labute approximate surface area is 183 Å². The lowest BCUT2D eigenvalue weighted by Gasteiger charge is -2.18. The van der Waals surface area contributed by atoms with Crippen molar-refractivity contribution in [2.24, 2.45) is 0 Å². The van der Waals surface area contributed by atoms with Gasteiger partial charge in [-0.15, -0.1) is 0 Å². The van der Waals surface area contributed by atoms with E-state index in [0.29, 0.717) is 22.2 Å². The molecule has 32 heavy (non-hydrogen) atoms. The summed E-state index contributed by atoms with van der Waals surface area (Å²) in [7, 11) is 0. The van der Waals surface area contributed by atoms with Crippen LogP contribution >= 0.6 is 0 Å². The minimum atomic E-state index is -0.893. The lowest BCUT2D eigenvalue weighted by molar-refractivity contribution is -0.530. The van der Waals surface area contributed by atoms with E-state index in [1.807, 2.05) is 0 Å². The number of hydroxylamine groups is 1. The molecule has 0 fully saturated rings. The molecule has 0 N–H and O–H groups in total. The maximum Gasteiger partial charge on any atom is 0.279 e. The molecule has 0 amide bonds. The van der Waals surface area contributed by atoms with E-state index in [1.54, 1.807) is 69.3 Å². The van der Waals surface area contributed by atoms with Crippen molar-refractivity contribution >= 4 is 17.0 Å². The summed E-state index contributed by atoms with van der Waals surface area (Å²) in [6.45, 7) is 5.40. The van der Waals surface area contributed by atoms with E-state index < -0.39 is 28.4 Å². The molecular formula is C25H21F2N3O2. The Kier molecular flexibility index (Phi) is 5.34. The number of nitrogens with zero attached hydrogens (tertiary/aromatic N) is 3.